The van der Waals surface area contributed by atoms with Crippen LogP contribution in [-0.4, -0.2) is 18.5 Å². The van der Waals surface area contributed by atoms with Gasteiger partial charge in [0.15, 0.2) is 6.61 Å². The van der Waals surface area contributed by atoms with Crippen molar-refractivity contribution in [2.75, 3.05) is 6.61 Å². The summed E-state index contributed by atoms with van der Waals surface area (Å²) in [5.74, 6) is -1.77. The van der Waals surface area contributed by atoms with Crippen LogP contribution in [0.5, 0.6) is 0 Å². The number of ether oxygens (including phenoxy) is 1. The number of rotatable bonds is 5. The molecule has 1 N–H and O–H groups in total. The third kappa shape index (κ3) is 4.56. The zero-order valence-corrected chi connectivity index (χ0v) is 12.3. The number of hydrogen-bond acceptors (Lipinski definition) is 3. The predicted molar refractivity (Wildman–Crippen MR) is 80.0 cm³/mol. The largest absolute Gasteiger partial charge is 0.452 e. The highest BCUT2D eigenvalue weighted by atomic mass is 35.5. The van der Waals surface area contributed by atoms with E-state index >= 15 is 0 Å². The molecule has 2 aromatic rings. The minimum atomic E-state index is -0.778. The topological polar surface area (TPSA) is 55.4 Å². The maximum atomic E-state index is 12.9. The van der Waals surface area contributed by atoms with Crippen molar-refractivity contribution in [2.45, 2.75) is 6.54 Å². The summed E-state index contributed by atoms with van der Waals surface area (Å²) in [5.41, 5.74) is 0.947. The van der Waals surface area contributed by atoms with Gasteiger partial charge in [0, 0.05) is 6.54 Å². The standard InChI is InChI=1S/C16H13ClFNO3/c17-14-8-12(18)6-7-13(14)16(21)22-10-15(20)19-9-11-4-2-1-3-5-11/h1-8H,9-10H2,(H,19,20). The average Bonchev–Trinajstić information content (AvgIpc) is 2.51. The first kappa shape index (κ1) is 16.0. The molecule has 0 aliphatic carbocycles. The lowest BCUT2D eigenvalue weighted by molar-refractivity contribution is -0.124. The van der Waals surface area contributed by atoms with Crippen LogP contribution in [0.15, 0.2) is 48.5 Å². The molecule has 0 fully saturated rings. The number of benzene rings is 2. The van der Waals surface area contributed by atoms with Crippen molar-refractivity contribution in [3.63, 3.8) is 0 Å². The first-order chi connectivity index (χ1) is 10.6. The van der Waals surface area contributed by atoms with Crippen LogP contribution in [0.1, 0.15) is 15.9 Å². The molecule has 2 rings (SSSR count). The van der Waals surface area contributed by atoms with Gasteiger partial charge in [-0.2, -0.15) is 0 Å². The van der Waals surface area contributed by atoms with E-state index < -0.39 is 24.3 Å². The fourth-order valence-corrected chi connectivity index (χ4v) is 1.96. The lowest BCUT2D eigenvalue weighted by atomic mass is 10.2. The molecule has 0 atom stereocenters. The van der Waals surface area contributed by atoms with Gasteiger partial charge in [0.2, 0.25) is 0 Å². The van der Waals surface area contributed by atoms with Crippen LogP contribution in [0.3, 0.4) is 0 Å². The van der Waals surface area contributed by atoms with Crippen molar-refractivity contribution < 1.29 is 18.7 Å². The van der Waals surface area contributed by atoms with Gasteiger partial charge in [0.25, 0.3) is 5.91 Å². The van der Waals surface area contributed by atoms with Gasteiger partial charge in [-0.3, -0.25) is 4.79 Å². The van der Waals surface area contributed by atoms with Crippen LogP contribution >= 0.6 is 11.6 Å². The Morgan fingerprint density at radius 2 is 1.86 bits per heavy atom. The van der Waals surface area contributed by atoms with Gasteiger partial charge in [0.1, 0.15) is 5.82 Å². The molecule has 0 aliphatic heterocycles. The highest BCUT2D eigenvalue weighted by Crippen LogP contribution is 2.18. The summed E-state index contributed by atoms with van der Waals surface area (Å²) in [6.45, 7) is -0.0894. The Hall–Kier alpha value is -2.40. The third-order valence-corrected chi connectivity index (χ3v) is 3.13. The Bertz CT molecular complexity index is 676. The smallest absolute Gasteiger partial charge is 0.340 e. The van der Waals surface area contributed by atoms with E-state index in [4.69, 9.17) is 16.3 Å². The molecule has 22 heavy (non-hydrogen) atoms. The van der Waals surface area contributed by atoms with Crippen molar-refractivity contribution in [3.05, 3.63) is 70.5 Å². The molecule has 0 unspecified atom stereocenters. The Morgan fingerprint density at radius 1 is 1.14 bits per heavy atom. The summed E-state index contributed by atoms with van der Waals surface area (Å²) in [5, 5.41) is 2.56. The lowest BCUT2D eigenvalue weighted by Gasteiger charge is -2.07. The van der Waals surface area contributed by atoms with Crippen molar-refractivity contribution in [1.82, 2.24) is 5.32 Å². The summed E-state index contributed by atoms with van der Waals surface area (Å²) < 4.78 is 17.7. The molecule has 0 radical (unpaired) electrons. The number of esters is 1. The van der Waals surface area contributed by atoms with Crippen LogP contribution < -0.4 is 5.32 Å². The van der Waals surface area contributed by atoms with E-state index in [2.05, 4.69) is 5.32 Å². The molecule has 1 amide bonds. The number of nitrogens with one attached hydrogen (secondary N) is 1. The fraction of sp³-hybridized carbons (Fsp3) is 0.125. The van der Waals surface area contributed by atoms with Crippen molar-refractivity contribution >= 4 is 23.5 Å². The third-order valence-electron chi connectivity index (χ3n) is 2.82. The summed E-state index contributed by atoms with van der Waals surface area (Å²) in [6, 6.07) is 12.6. The Labute approximate surface area is 131 Å². The molecule has 0 saturated heterocycles. The van der Waals surface area contributed by atoms with E-state index in [0.717, 1.165) is 17.7 Å². The monoisotopic (exact) mass is 321 g/mol. The molecular formula is C16H13ClFNO3. The zero-order chi connectivity index (χ0) is 15.9. The van der Waals surface area contributed by atoms with Gasteiger partial charge in [-0.25, -0.2) is 9.18 Å². The highest BCUT2D eigenvalue weighted by Gasteiger charge is 2.14. The van der Waals surface area contributed by atoms with Gasteiger partial charge in [-0.15, -0.1) is 0 Å². The van der Waals surface area contributed by atoms with Crippen LogP contribution in [0.4, 0.5) is 4.39 Å². The maximum Gasteiger partial charge on any atom is 0.340 e. The normalized spacial score (nSPS) is 10.1. The molecule has 4 nitrogen and oxygen atoms in total. The first-order valence-electron chi connectivity index (χ1n) is 6.49. The van der Waals surface area contributed by atoms with Crippen molar-refractivity contribution in [2.24, 2.45) is 0 Å². The Morgan fingerprint density at radius 3 is 2.55 bits per heavy atom. The molecule has 0 bridgehead atoms. The van der Waals surface area contributed by atoms with E-state index in [0.29, 0.717) is 6.54 Å². The number of amides is 1. The summed E-state index contributed by atoms with van der Waals surface area (Å²) in [7, 11) is 0. The molecule has 0 aromatic heterocycles. The fourth-order valence-electron chi connectivity index (χ4n) is 1.71. The number of halogens is 2. The van der Waals surface area contributed by atoms with Crippen LogP contribution in [-0.2, 0) is 16.1 Å². The number of hydrogen-bond donors (Lipinski definition) is 1. The van der Waals surface area contributed by atoms with Gasteiger partial charge >= 0.3 is 5.97 Å². The highest BCUT2D eigenvalue weighted by molar-refractivity contribution is 6.33. The molecular weight excluding hydrogens is 309 g/mol. The average molecular weight is 322 g/mol. The molecule has 0 heterocycles. The Balaban J connectivity index is 1.82. The second-order valence-corrected chi connectivity index (χ2v) is 4.87. The van der Waals surface area contributed by atoms with E-state index in [-0.39, 0.29) is 10.6 Å². The van der Waals surface area contributed by atoms with Gasteiger partial charge < -0.3 is 10.1 Å². The van der Waals surface area contributed by atoms with E-state index in [1.807, 2.05) is 30.3 Å². The second kappa shape index (κ2) is 7.56. The summed E-state index contributed by atoms with van der Waals surface area (Å²) in [6.07, 6.45) is 0. The minimum absolute atomic E-state index is 0.0129. The van der Waals surface area contributed by atoms with Crippen molar-refractivity contribution in [3.8, 4) is 0 Å². The summed E-state index contributed by atoms with van der Waals surface area (Å²) >= 11 is 5.74. The molecule has 0 spiro atoms. The van der Waals surface area contributed by atoms with E-state index in [1.54, 1.807) is 0 Å². The number of carbonyl (C=O) groups is 2. The molecule has 0 aliphatic rings. The quantitative estimate of drug-likeness (QED) is 0.861. The SMILES string of the molecule is O=C(COC(=O)c1ccc(F)cc1Cl)NCc1ccccc1. The van der Waals surface area contributed by atoms with E-state index in [9.17, 15) is 14.0 Å². The minimum Gasteiger partial charge on any atom is -0.452 e. The lowest BCUT2D eigenvalue weighted by Crippen LogP contribution is -2.28. The Kier molecular flexibility index (Phi) is 5.49. The zero-order valence-electron chi connectivity index (χ0n) is 11.5. The molecule has 0 saturated carbocycles. The second-order valence-electron chi connectivity index (χ2n) is 4.46. The predicted octanol–water partition coefficient (Wildman–Crippen LogP) is 2.95. The molecule has 2 aromatic carbocycles. The molecule has 114 valence electrons. The van der Waals surface area contributed by atoms with Crippen molar-refractivity contribution in [1.29, 1.82) is 0 Å². The van der Waals surface area contributed by atoms with E-state index in [1.165, 1.54) is 6.07 Å². The van der Waals surface area contributed by atoms with Gasteiger partial charge in [-0.1, -0.05) is 41.9 Å². The van der Waals surface area contributed by atoms with Crippen LogP contribution in [0.2, 0.25) is 5.02 Å². The van der Waals surface area contributed by atoms with Gasteiger partial charge in [0.05, 0.1) is 10.6 Å². The summed E-state index contributed by atoms with van der Waals surface area (Å²) in [4.78, 5) is 23.4. The maximum absolute atomic E-state index is 12.9. The van der Waals surface area contributed by atoms with Crippen LogP contribution in [0.25, 0.3) is 0 Å². The van der Waals surface area contributed by atoms with Gasteiger partial charge in [-0.05, 0) is 23.8 Å². The number of carbonyl (C=O) groups excluding carboxylic acids is 2. The molecule has 6 heteroatoms. The van der Waals surface area contributed by atoms with Crippen LogP contribution in [0, 0.1) is 5.82 Å². The first-order valence-corrected chi connectivity index (χ1v) is 6.87.